The molecule has 2 heterocycles. The lowest BCUT2D eigenvalue weighted by molar-refractivity contribution is -0.385. The van der Waals surface area contributed by atoms with Crippen LogP contribution in [0.1, 0.15) is 10.4 Å². The van der Waals surface area contributed by atoms with Gasteiger partial charge in [0.25, 0.3) is 11.6 Å². The highest BCUT2D eigenvalue weighted by Crippen LogP contribution is 2.34. The van der Waals surface area contributed by atoms with Crippen molar-refractivity contribution in [1.82, 2.24) is 10.2 Å². The van der Waals surface area contributed by atoms with E-state index in [4.69, 9.17) is 9.47 Å². The predicted molar refractivity (Wildman–Crippen MR) is 113 cm³/mol. The second kappa shape index (κ2) is 8.97. The number of nitrogens with one attached hydrogen (secondary N) is 2. The smallest absolute Gasteiger partial charge is 0.282 e. The molecular formula is C18H13N5O6S2. The van der Waals surface area contributed by atoms with Gasteiger partial charge in [0, 0.05) is 17.8 Å². The minimum atomic E-state index is -0.666. The van der Waals surface area contributed by atoms with Crippen LogP contribution in [0, 0.1) is 10.1 Å². The number of aromatic nitrogens is 2. The standard InChI is InChI=1S/C18H13N5O6S2/c24-15(19-10-5-6-13-14(7-10)29-9-28-13)8-30-18-22-21-17(31-18)20-16(25)11-3-1-2-4-12(11)23(26)27/h1-7H,8-9H2,(H,19,24)(H,20,21,25). The van der Waals surface area contributed by atoms with E-state index in [0.29, 0.717) is 21.5 Å². The third-order valence-electron chi connectivity index (χ3n) is 3.96. The van der Waals surface area contributed by atoms with E-state index in [-0.39, 0.29) is 34.8 Å². The van der Waals surface area contributed by atoms with Crippen molar-refractivity contribution in [2.75, 3.05) is 23.2 Å². The molecule has 1 aromatic heterocycles. The number of nitrogens with zero attached hydrogens (tertiary/aromatic N) is 3. The van der Waals surface area contributed by atoms with E-state index >= 15 is 0 Å². The number of nitro groups is 1. The Kier molecular flexibility index (Phi) is 5.95. The Balaban J connectivity index is 1.31. The Bertz CT molecular complexity index is 1170. The van der Waals surface area contributed by atoms with Crippen molar-refractivity contribution in [2.45, 2.75) is 4.34 Å². The number of amides is 2. The summed E-state index contributed by atoms with van der Waals surface area (Å²) in [7, 11) is 0. The van der Waals surface area contributed by atoms with Gasteiger partial charge in [0.1, 0.15) is 5.56 Å². The van der Waals surface area contributed by atoms with E-state index in [2.05, 4.69) is 20.8 Å². The van der Waals surface area contributed by atoms with Gasteiger partial charge in [-0.25, -0.2) is 0 Å². The van der Waals surface area contributed by atoms with E-state index in [1.54, 1.807) is 18.2 Å². The van der Waals surface area contributed by atoms with E-state index in [9.17, 15) is 19.7 Å². The molecule has 4 rings (SSSR count). The van der Waals surface area contributed by atoms with Crippen LogP contribution in [-0.4, -0.2) is 39.5 Å². The van der Waals surface area contributed by atoms with Crippen LogP contribution in [0.15, 0.2) is 46.8 Å². The van der Waals surface area contributed by atoms with Crippen molar-refractivity contribution in [3.05, 3.63) is 58.1 Å². The number of fused-ring (bicyclic) bond motifs is 1. The number of ether oxygens (including phenoxy) is 2. The van der Waals surface area contributed by atoms with Crippen molar-refractivity contribution in [2.24, 2.45) is 0 Å². The van der Waals surface area contributed by atoms with Gasteiger partial charge in [-0.15, -0.1) is 10.2 Å². The molecule has 0 fully saturated rings. The second-order valence-corrected chi connectivity index (χ2v) is 8.21. The van der Waals surface area contributed by atoms with Crippen LogP contribution < -0.4 is 20.1 Å². The number of carbonyl (C=O) groups excluding carboxylic acids is 2. The Morgan fingerprint density at radius 1 is 1.13 bits per heavy atom. The van der Waals surface area contributed by atoms with Gasteiger partial charge in [0.15, 0.2) is 15.8 Å². The molecule has 1 aliphatic heterocycles. The van der Waals surface area contributed by atoms with Gasteiger partial charge in [-0.3, -0.25) is 25.0 Å². The highest BCUT2D eigenvalue weighted by atomic mass is 32.2. The normalized spacial score (nSPS) is 11.7. The van der Waals surface area contributed by atoms with E-state index in [1.165, 1.54) is 24.3 Å². The van der Waals surface area contributed by atoms with E-state index in [0.717, 1.165) is 23.1 Å². The Labute approximate surface area is 182 Å². The fourth-order valence-corrected chi connectivity index (χ4v) is 4.15. The largest absolute Gasteiger partial charge is 0.454 e. The van der Waals surface area contributed by atoms with E-state index < -0.39 is 10.8 Å². The molecule has 0 saturated carbocycles. The lowest BCUT2D eigenvalue weighted by atomic mass is 10.1. The molecule has 2 aromatic carbocycles. The minimum absolute atomic E-state index is 0.0706. The van der Waals surface area contributed by atoms with Crippen LogP contribution in [0.3, 0.4) is 0 Å². The molecule has 0 saturated heterocycles. The number of thioether (sulfide) groups is 1. The molecule has 0 spiro atoms. The molecule has 11 nitrogen and oxygen atoms in total. The number of hydrogen-bond donors (Lipinski definition) is 2. The van der Waals surface area contributed by atoms with Crippen molar-refractivity contribution in [1.29, 1.82) is 0 Å². The third kappa shape index (κ3) is 4.90. The maximum absolute atomic E-state index is 12.3. The molecule has 1 aliphatic rings. The van der Waals surface area contributed by atoms with Gasteiger partial charge >= 0.3 is 0 Å². The van der Waals surface area contributed by atoms with Gasteiger partial charge in [0.2, 0.25) is 17.8 Å². The molecule has 0 radical (unpaired) electrons. The summed E-state index contributed by atoms with van der Waals surface area (Å²) in [6.07, 6.45) is 0. The van der Waals surface area contributed by atoms with Gasteiger partial charge in [0.05, 0.1) is 10.7 Å². The van der Waals surface area contributed by atoms with Crippen molar-refractivity contribution in [3.63, 3.8) is 0 Å². The number of para-hydroxylation sites is 1. The lowest BCUT2D eigenvalue weighted by Gasteiger charge is -2.05. The predicted octanol–water partition coefficient (Wildman–Crippen LogP) is 3.16. The molecule has 31 heavy (non-hydrogen) atoms. The summed E-state index contributed by atoms with van der Waals surface area (Å²) in [5.74, 6) is 0.330. The SMILES string of the molecule is O=C(CSc1nnc(NC(=O)c2ccccc2[N+](=O)[O-])s1)Nc1ccc2c(c1)OCO2. The fraction of sp³-hybridized carbons (Fsp3) is 0.111. The summed E-state index contributed by atoms with van der Waals surface area (Å²) >= 11 is 2.20. The van der Waals surface area contributed by atoms with Gasteiger partial charge < -0.3 is 14.8 Å². The van der Waals surface area contributed by atoms with Crippen LogP contribution in [0.25, 0.3) is 0 Å². The fourth-order valence-electron chi connectivity index (χ4n) is 2.61. The molecule has 0 unspecified atom stereocenters. The topological polar surface area (TPSA) is 146 Å². The van der Waals surface area contributed by atoms with E-state index in [1.807, 2.05) is 0 Å². The summed E-state index contributed by atoms with van der Waals surface area (Å²) in [6.45, 7) is 0.149. The first-order valence-electron chi connectivity index (χ1n) is 8.70. The molecule has 3 aromatic rings. The number of benzene rings is 2. The summed E-state index contributed by atoms with van der Waals surface area (Å²) in [4.78, 5) is 34.9. The summed E-state index contributed by atoms with van der Waals surface area (Å²) in [5.41, 5.74) is 0.184. The maximum Gasteiger partial charge on any atom is 0.282 e. The zero-order valence-corrected chi connectivity index (χ0v) is 17.2. The van der Waals surface area contributed by atoms with Crippen LogP contribution in [-0.2, 0) is 4.79 Å². The molecule has 13 heteroatoms. The van der Waals surface area contributed by atoms with Crippen molar-refractivity contribution >= 4 is 51.4 Å². The highest BCUT2D eigenvalue weighted by Gasteiger charge is 2.20. The zero-order valence-electron chi connectivity index (χ0n) is 15.6. The number of carbonyl (C=O) groups is 2. The highest BCUT2D eigenvalue weighted by molar-refractivity contribution is 8.01. The number of hydrogen-bond acceptors (Lipinski definition) is 10. The average molecular weight is 459 g/mol. The average Bonchev–Trinajstić information content (AvgIpc) is 3.41. The Morgan fingerprint density at radius 2 is 1.94 bits per heavy atom. The number of nitro benzene ring substituents is 1. The van der Waals surface area contributed by atoms with Gasteiger partial charge in [-0.05, 0) is 18.2 Å². The zero-order chi connectivity index (χ0) is 21.8. The lowest BCUT2D eigenvalue weighted by Crippen LogP contribution is -2.13. The molecule has 0 aliphatic carbocycles. The van der Waals surface area contributed by atoms with Crippen LogP contribution in [0.5, 0.6) is 11.5 Å². The minimum Gasteiger partial charge on any atom is -0.454 e. The first-order chi connectivity index (χ1) is 15.0. The van der Waals surface area contributed by atoms with Gasteiger partial charge in [-0.2, -0.15) is 0 Å². The molecule has 2 amide bonds. The van der Waals surface area contributed by atoms with Gasteiger partial charge in [-0.1, -0.05) is 35.2 Å². The third-order valence-corrected chi connectivity index (χ3v) is 5.93. The molecule has 0 bridgehead atoms. The van der Waals surface area contributed by atoms with Crippen LogP contribution >= 0.6 is 23.1 Å². The first kappa shape index (κ1) is 20.6. The quantitative estimate of drug-likeness (QED) is 0.235. The molecular weight excluding hydrogens is 446 g/mol. The number of anilines is 2. The first-order valence-corrected chi connectivity index (χ1v) is 10.5. The number of rotatable bonds is 7. The summed E-state index contributed by atoms with van der Waals surface area (Å²) < 4.78 is 11.0. The van der Waals surface area contributed by atoms with Crippen LogP contribution in [0.4, 0.5) is 16.5 Å². The Morgan fingerprint density at radius 3 is 2.77 bits per heavy atom. The maximum atomic E-state index is 12.3. The van der Waals surface area contributed by atoms with Crippen molar-refractivity contribution in [3.8, 4) is 11.5 Å². The molecule has 2 N–H and O–H groups in total. The Hall–Kier alpha value is -3.71. The summed E-state index contributed by atoms with van der Waals surface area (Å²) in [5, 5.41) is 24.2. The van der Waals surface area contributed by atoms with Crippen molar-refractivity contribution < 1.29 is 24.0 Å². The molecule has 158 valence electrons. The summed E-state index contributed by atoms with van der Waals surface area (Å²) in [6, 6.07) is 10.7. The monoisotopic (exact) mass is 459 g/mol. The molecule has 0 atom stereocenters. The van der Waals surface area contributed by atoms with Crippen LogP contribution in [0.2, 0.25) is 0 Å². The second-order valence-electron chi connectivity index (χ2n) is 6.01.